The number of methoxy groups -OCH3 is 4. The zero-order chi connectivity index (χ0) is 22.8. The topological polar surface area (TPSA) is 119 Å². The predicted octanol–water partition coefficient (Wildman–Crippen LogP) is 2.53. The molecular weight excluding hydrogens is 424 g/mol. The van der Waals surface area contributed by atoms with Crippen LogP contribution >= 0.6 is 0 Å². The zero-order valence-corrected chi connectivity index (χ0v) is 18.2. The van der Waals surface area contributed by atoms with Crippen LogP contribution < -0.4 is 24.7 Å². The second-order valence-corrected chi connectivity index (χ2v) is 8.18. The van der Waals surface area contributed by atoms with Crippen LogP contribution in [0.25, 0.3) is 11.3 Å². The van der Waals surface area contributed by atoms with E-state index in [0.717, 1.165) is 3.97 Å². The van der Waals surface area contributed by atoms with E-state index in [1.165, 1.54) is 65.0 Å². The van der Waals surface area contributed by atoms with Gasteiger partial charge in [0.15, 0.2) is 11.5 Å². The molecule has 0 aliphatic carbocycles. The van der Waals surface area contributed by atoms with Gasteiger partial charge < -0.3 is 24.7 Å². The third-order valence-corrected chi connectivity index (χ3v) is 6.34. The van der Waals surface area contributed by atoms with E-state index in [1.807, 2.05) is 0 Å². The summed E-state index contributed by atoms with van der Waals surface area (Å²) in [6.07, 6.45) is 1.18. The molecule has 0 bridgehead atoms. The number of ether oxygens (including phenoxy) is 4. The number of nitrogens with zero attached hydrogens (tertiary/aromatic N) is 1. The number of primary amides is 1. The largest absolute Gasteiger partial charge is 0.497 e. The van der Waals surface area contributed by atoms with Crippen LogP contribution in [-0.2, 0) is 10.0 Å². The minimum absolute atomic E-state index is 0.00797. The SMILES string of the molecule is COc1ccc(S(=O)(=O)n2cc(C(N)=O)cc2-c2cc(OC)c(OC)c(OC)c2)cc1. The third kappa shape index (κ3) is 4.02. The molecule has 0 aliphatic heterocycles. The lowest BCUT2D eigenvalue weighted by Gasteiger charge is -2.16. The number of benzene rings is 2. The maximum Gasteiger partial charge on any atom is 0.268 e. The average Bonchev–Trinajstić information content (AvgIpc) is 3.25. The van der Waals surface area contributed by atoms with E-state index in [0.29, 0.717) is 28.6 Å². The Morgan fingerprint density at radius 1 is 0.871 bits per heavy atom. The highest BCUT2D eigenvalue weighted by Gasteiger charge is 2.25. The van der Waals surface area contributed by atoms with Crippen molar-refractivity contribution >= 4 is 15.9 Å². The van der Waals surface area contributed by atoms with Crippen LogP contribution in [-0.4, -0.2) is 46.7 Å². The minimum Gasteiger partial charge on any atom is -0.497 e. The summed E-state index contributed by atoms with van der Waals surface area (Å²) >= 11 is 0. The molecule has 3 rings (SSSR count). The second kappa shape index (κ2) is 8.60. The van der Waals surface area contributed by atoms with Gasteiger partial charge in [0.05, 0.1) is 44.6 Å². The van der Waals surface area contributed by atoms with Crippen LogP contribution in [0.3, 0.4) is 0 Å². The Kier molecular flexibility index (Phi) is 6.11. The van der Waals surface area contributed by atoms with Crippen molar-refractivity contribution in [3.63, 3.8) is 0 Å². The minimum atomic E-state index is -4.07. The summed E-state index contributed by atoms with van der Waals surface area (Å²) in [5, 5.41) is 0. The molecule has 10 heteroatoms. The molecule has 0 spiro atoms. The molecule has 3 aromatic rings. The summed E-state index contributed by atoms with van der Waals surface area (Å²) in [6, 6.07) is 10.5. The quantitative estimate of drug-likeness (QED) is 0.565. The van der Waals surface area contributed by atoms with E-state index in [1.54, 1.807) is 12.1 Å². The van der Waals surface area contributed by atoms with Crippen LogP contribution in [0.4, 0.5) is 0 Å². The summed E-state index contributed by atoms with van der Waals surface area (Å²) in [6.45, 7) is 0. The van der Waals surface area contributed by atoms with Crippen molar-refractivity contribution in [3.8, 4) is 34.3 Å². The number of rotatable bonds is 8. The molecular formula is C21H22N2O7S. The molecule has 0 unspecified atom stereocenters. The lowest BCUT2D eigenvalue weighted by molar-refractivity contribution is 0.100. The first-order valence-electron chi connectivity index (χ1n) is 8.99. The summed E-state index contributed by atoms with van der Waals surface area (Å²) in [7, 11) is 1.77. The lowest BCUT2D eigenvalue weighted by Crippen LogP contribution is -2.14. The smallest absolute Gasteiger partial charge is 0.268 e. The van der Waals surface area contributed by atoms with Gasteiger partial charge in [-0.25, -0.2) is 12.4 Å². The van der Waals surface area contributed by atoms with E-state index < -0.39 is 15.9 Å². The van der Waals surface area contributed by atoms with Gasteiger partial charge in [-0.1, -0.05) is 0 Å². The van der Waals surface area contributed by atoms with Crippen molar-refractivity contribution in [1.82, 2.24) is 3.97 Å². The van der Waals surface area contributed by atoms with Gasteiger partial charge in [-0.3, -0.25) is 4.79 Å². The van der Waals surface area contributed by atoms with Crippen LogP contribution in [0.5, 0.6) is 23.0 Å². The molecule has 0 aliphatic rings. The molecule has 0 saturated heterocycles. The number of nitrogens with two attached hydrogens (primary N) is 1. The van der Waals surface area contributed by atoms with Gasteiger partial charge in [0.25, 0.3) is 10.0 Å². The molecule has 0 fully saturated rings. The molecule has 1 aromatic heterocycles. The van der Waals surface area contributed by atoms with Crippen LogP contribution in [0.1, 0.15) is 10.4 Å². The fraction of sp³-hybridized carbons (Fsp3) is 0.190. The van der Waals surface area contributed by atoms with E-state index in [4.69, 9.17) is 24.7 Å². The van der Waals surface area contributed by atoms with Crippen molar-refractivity contribution in [2.24, 2.45) is 5.73 Å². The first-order valence-corrected chi connectivity index (χ1v) is 10.4. The Hall–Kier alpha value is -3.66. The van der Waals surface area contributed by atoms with E-state index in [2.05, 4.69) is 0 Å². The standard InChI is InChI=1S/C21H22N2O7S/c1-27-15-5-7-16(8-6-15)31(25,26)23-12-14(21(22)24)9-17(23)13-10-18(28-2)20(30-4)19(11-13)29-3/h5-12H,1-4H3,(H2,22,24). The Balaban J connectivity index is 2.26. The number of hydrogen-bond donors (Lipinski definition) is 1. The fourth-order valence-electron chi connectivity index (χ4n) is 3.08. The molecule has 0 radical (unpaired) electrons. The van der Waals surface area contributed by atoms with Crippen LogP contribution in [0.15, 0.2) is 53.6 Å². The molecule has 1 heterocycles. The average molecular weight is 446 g/mol. The Labute approximate surface area is 180 Å². The maximum atomic E-state index is 13.4. The number of carbonyl (C=O) groups is 1. The lowest BCUT2D eigenvalue weighted by atomic mass is 10.1. The summed E-state index contributed by atoms with van der Waals surface area (Å²) < 4.78 is 48.9. The predicted molar refractivity (Wildman–Crippen MR) is 114 cm³/mol. The van der Waals surface area contributed by atoms with Crippen molar-refractivity contribution in [1.29, 1.82) is 0 Å². The van der Waals surface area contributed by atoms with Crippen molar-refractivity contribution in [2.75, 3.05) is 28.4 Å². The van der Waals surface area contributed by atoms with Gasteiger partial charge in [0.1, 0.15) is 5.75 Å². The second-order valence-electron chi connectivity index (χ2n) is 6.37. The van der Waals surface area contributed by atoms with Gasteiger partial charge in [0.2, 0.25) is 11.7 Å². The van der Waals surface area contributed by atoms with E-state index in [-0.39, 0.29) is 16.2 Å². The Bertz CT molecular complexity index is 1190. The maximum absolute atomic E-state index is 13.4. The third-order valence-electron chi connectivity index (χ3n) is 4.65. The molecule has 164 valence electrons. The van der Waals surface area contributed by atoms with Crippen LogP contribution in [0, 0.1) is 0 Å². The molecule has 0 saturated carbocycles. The first-order chi connectivity index (χ1) is 14.8. The monoisotopic (exact) mass is 446 g/mol. The van der Waals surface area contributed by atoms with E-state index >= 15 is 0 Å². The van der Waals surface area contributed by atoms with Gasteiger partial charge >= 0.3 is 0 Å². The highest BCUT2D eigenvalue weighted by Crippen LogP contribution is 2.42. The van der Waals surface area contributed by atoms with Gasteiger partial charge in [0, 0.05) is 11.8 Å². The molecule has 0 atom stereocenters. The summed E-state index contributed by atoms with van der Waals surface area (Å²) in [5.41, 5.74) is 6.06. The molecule has 2 N–H and O–H groups in total. The van der Waals surface area contributed by atoms with Crippen molar-refractivity contribution < 1.29 is 32.2 Å². The summed E-state index contributed by atoms with van der Waals surface area (Å²) in [4.78, 5) is 11.8. The van der Waals surface area contributed by atoms with Gasteiger partial charge in [-0.2, -0.15) is 0 Å². The summed E-state index contributed by atoms with van der Waals surface area (Å²) in [5.74, 6) is 0.741. The normalized spacial score (nSPS) is 11.1. The highest BCUT2D eigenvalue weighted by atomic mass is 32.2. The molecule has 31 heavy (non-hydrogen) atoms. The Morgan fingerprint density at radius 2 is 1.45 bits per heavy atom. The fourth-order valence-corrected chi connectivity index (χ4v) is 4.46. The van der Waals surface area contributed by atoms with Gasteiger partial charge in [-0.15, -0.1) is 0 Å². The number of amides is 1. The molecule has 1 amide bonds. The van der Waals surface area contributed by atoms with E-state index in [9.17, 15) is 13.2 Å². The van der Waals surface area contributed by atoms with Crippen LogP contribution in [0.2, 0.25) is 0 Å². The zero-order valence-electron chi connectivity index (χ0n) is 17.4. The van der Waals surface area contributed by atoms with Gasteiger partial charge in [-0.05, 0) is 42.5 Å². The number of aromatic nitrogens is 1. The highest BCUT2D eigenvalue weighted by molar-refractivity contribution is 7.90. The molecule has 9 nitrogen and oxygen atoms in total. The first kappa shape index (κ1) is 22.0. The number of carbonyl (C=O) groups excluding carboxylic acids is 1. The van der Waals surface area contributed by atoms with Crippen molar-refractivity contribution in [3.05, 3.63) is 54.2 Å². The van der Waals surface area contributed by atoms with Crippen molar-refractivity contribution in [2.45, 2.75) is 4.90 Å². The Morgan fingerprint density at radius 3 is 1.90 bits per heavy atom. The number of hydrogen-bond acceptors (Lipinski definition) is 7. The molecule has 2 aromatic carbocycles.